The van der Waals surface area contributed by atoms with Gasteiger partial charge in [-0.05, 0) is 65.3 Å². The van der Waals surface area contributed by atoms with Gasteiger partial charge in [0.25, 0.3) is 0 Å². The predicted octanol–water partition coefficient (Wildman–Crippen LogP) is 3.63. The SMILES string of the molecule is Cc1cc(I)cc(C)c1NC(=O)CSc1nnc(CNC(=O)Cc2ccccc2)n1C. The molecule has 0 unspecified atom stereocenters. The summed E-state index contributed by atoms with van der Waals surface area (Å²) in [5.74, 6) is 0.676. The summed E-state index contributed by atoms with van der Waals surface area (Å²) >= 11 is 3.58. The molecule has 2 aromatic carbocycles. The molecule has 0 saturated heterocycles. The predicted molar refractivity (Wildman–Crippen MR) is 131 cm³/mol. The molecule has 0 aliphatic carbocycles. The summed E-state index contributed by atoms with van der Waals surface area (Å²) in [6.45, 7) is 4.25. The van der Waals surface area contributed by atoms with Gasteiger partial charge in [0.05, 0.1) is 18.7 Å². The van der Waals surface area contributed by atoms with Gasteiger partial charge < -0.3 is 15.2 Å². The number of anilines is 1. The van der Waals surface area contributed by atoms with E-state index in [4.69, 9.17) is 0 Å². The largest absolute Gasteiger partial charge is 0.349 e. The Hall–Kier alpha value is -2.40. The number of carbonyl (C=O) groups excluding carboxylic acids is 2. The second-order valence-electron chi connectivity index (χ2n) is 7.15. The molecule has 2 N–H and O–H groups in total. The van der Waals surface area contributed by atoms with Gasteiger partial charge in [0.15, 0.2) is 11.0 Å². The molecule has 7 nitrogen and oxygen atoms in total. The van der Waals surface area contributed by atoms with Gasteiger partial charge in [-0.15, -0.1) is 10.2 Å². The minimum Gasteiger partial charge on any atom is -0.349 e. The molecule has 1 aromatic heterocycles. The highest BCUT2D eigenvalue weighted by molar-refractivity contribution is 14.1. The number of carbonyl (C=O) groups is 2. The van der Waals surface area contributed by atoms with Crippen molar-refractivity contribution in [3.8, 4) is 0 Å². The zero-order valence-electron chi connectivity index (χ0n) is 17.6. The van der Waals surface area contributed by atoms with Crippen LogP contribution in [0.3, 0.4) is 0 Å². The van der Waals surface area contributed by atoms with Crippen molar-refractivity contribution < 1.29 is 9.59 Å². The molecule has 0 bridgehead atoms. The van der Waals surface area contributed by atoms with Gasteiger partial charge in [0.1, 0.15) is 0 Å². The fraction of sp³-hybridized carbons (Fsp3) is 0.273. The lowest BCUT2D eigenvalue weighted by atomic mass is 10.1. The topological polar surface area (TPSA) is 88.9 Å². The van der Waals surface area contributed by atoms with Crippen molar-refractivity contribution in [3.05, 3.63) is 68.5 Å². The molecule has 0 saturated carbocycles. The monoisotopic (exact) mass is 549 g/mol. The van der Waals surface area contributed by atoms with Crippen molar-refractivity contribution in [2.45, 2.75) is 32.0 Å². The zero-order chi connectivity index (χ0) is 22.4. The minimum absolute atomic E-state index is 0.0777. The molecule has 0 radical (unpaired) electrons. The normalized spacial score (nSPS) is 10.7. The van der Waals surface area contributed by atoms with E-state index in [2.05, 4.69) is 43.4 Å². The number of aryl methyl sites for hydroxylation is 2. The Morgan fingerprint density at radius 2 is 1.74 bits per heavy atom. The zero-order valence-corrected chi connectivity index (χ0v) is 20.6. The molecule has 0 fully saturated rings. The van der Waals surface area contributed by atoms with Crippen LogP contribution in [0.25, 0.3) is 0 Å². The molecule has 0 atom stereocenters. The van der Waals surface area contributed by atoms with E-state index in [1.54, 1.807) is 4.57 Å². The van der Waals surface area contributed by atoms with Crippen LogP contribution in [-0.2, 0) is 29.6 Å². The van der Waals surface area contributed by atoms with Crippen molar-refractivity contribution in [1.82, 2.24) is 20.1 Å². The first-order valence-electron chi connectivity index (χ1n) is 9.71. The molecular weight excluding hydrogens is 525 g/mol. The van der Waals surface area contributed by atoms with E-state index in [0.29, 0.717) is 17.4 Å². The smallest absolute Gasteiger partial charge is 0.234 e. The Kier molecular flexibility index (Phi) is 8.08. The summed E-state index contributed by atoms with van der Waals surface area (Å²) in [5, 5.41) is 14.8. The number of nitrogens with zero attached hydrogens (tertiary/aromatic N) is 3. The highest BCUT2D eigenvalue weighted by Gasteiger charge is 2.14. The first kappa shape index (κ1) is 23.3. The lowest BCUT2D eigenvalue weighted by Gasteiger charge is -2.12. The fourth-order valence-electron chi connectivity index (χ4n) is 3.06. The number of thioether (sulfide) groups is 1. The standard InChI is InChI=1S/C22H24IN5O2S/c1-14-9-17(23)10-15(2)21(14)25-20(30)13-31-22-27-26-18(28(22)3)12-24-19(29)11-16-7-5-4-6-8-16/h4-10H,11-13H2,1-3H3,(H,24,29)(H,25,30). The van der Waals surface area contributed by atoms with E-state index in [0.717, 1.165) is 25.9 Å². The maximum absolute atomic E-state index is 12.4. The number of benzene rings is 2. The second-order valence-corrected chi connectivity index (χ2v) is 9.34. The van der Waals surface area contributed by atoms with Crippen LogP contribution < -0.4 is 10.6 Å². The molecule has 9 heteroatoms. The van der Waals surface area contributed by atoms with Crippen LogP contribution in [0, 0.1) is 17.4 Å². The molecule has 0 aliphatic heterocycles. The molecule has 162 valence electrons. The van der Waals surface area contributed by atoms with Crippen LogP contribution >= 0.6 is 34.4 Å². The van der Waals surface area contributed by atoms with Crippen LogP contribution in [-0.4, -0.2) is 32.3 Å². The molecule has 2 amide bonds. The highest BCUT2D eigenvalue weighted by atomic mass is 127. The lowest BCUT2D eigenvalue weighted by Crippen LogP contribution is -2.26. The third-order valence-electron chi connectivity index (χ3n) is 4.67. The first-order valence-corrected chi connectivity index (χ1v) is 11.8. The number of halogens is 1. The van der Waals surface area contributed by atoms with Crippen molar-refractivity contribution in [1.29, 1.82) is 0 Å². The maximum Gasteiger partial charge on any atom is 0.234 e. The van der Waals surface area contributed by atoms with Crippen LogP contribution in [0.2, 0.25) is 0 Å². The van der Waals surface area contributed by atoms with E-state index in [1.807, 2.05) is 63.4 Å². The Labute approximate surface area is 199 Å². The lowest BCUT2D eigenvalue weighted by molar-refractivity contribution is -0.120. The van der Waals surface area contributed by atoms with Gasteiger partial charge in [-0.2, -0.15) is 0 Å². The van der Waals surface area contributed by atoms with Gasteiger partial charge in [0.2, 0.25) is 11.8 Å². The summed E-state index contributed by atoms with van der Waals surface area (Å²) in [5.41, 5.74) is 3.88. The minimum atomic E-state index is -0.0990. The van der Waals surface area contributed by atoms with Gasteiger partial charge in [0, 0.05) is 16.3 Å². The Morgan fingerprint density at radius 3 is 2.42 bits per heavy atom. The Balaban J connectivity index is 1.51. The summed E-state index contributed by atoms with van der Waals surface area (Å²) in [4.78, 5) is 24.6. The van der Waals surface area contributed by atoms with E-state index in [1.165, 1.54) is 11.8 Å². The van der Waals surface area contributed by atoms with Crippen LogP contribution in [0.1, 0.15) is 22.5 Å². The van der Waals surface area contributed by atoms with E-state index < -0.39 is 0 Å². The molecule has 0 aliphatic rings. The van der Waals surface area contributed by atoms with Crippen LogP contribution in [0.15, 0.2) is 47.6 Å². The Bertz CT molecular complexity index is 1060. The summed E-state index contributed by atoms with van der Waals surface area (Å²) in [6.07, 6.45) is 0.317. The van der Waals surface area contributed by atoms with Crippen LogP contribution in [0.4, 0.5) is 5.69 Å². The number of hydrogen-bond donors (Lipinski definition) is 2. The average molecular weight is 549 g/mol. The summed E-state index contributed by atoms with van der Waals surface area (Å²) in [7, 11) is 1.83. The third kappa shape index (κ3) is 6.54. The number of nitrogens with one attached hydrogen (secondary N) is 2. The number of rotatable bonds is 8. The van der Waals surface area contributed by atoms with Crippen molar-refractivity contribution in [2.24, 2.45) is 7.05 Å². The average Bonchev–Trinajstić information content (AvgIpc) is 3.08. The summed E-state index contributed by atoms with van der Waals surface area (Å²) in [6, 6.07) is 13.7. The Morgan fingerprint density at radius 1 is 1.06 bits per heavy atom. The molecular formula is C22H24IN5O2S. The van der Waals surface area contributed by atoms with E-state index >= 15 is 0 Å². The second kappa shape index (κ2) is 10.8. The van der Waals surface area contributed by atoms with E-state index in [9.17, 15) is 9.59 Å². The van der Waals surface area contributed by atoms with Crippen molar-refractivity contribution in [2.75, 3.05) is 11.1 Å². The van der Waals surface area contributed by atoms with Crippen LogP contribution in [0.5, 0.6) is 0 Å². The fourth-order valence-corrected chi connectivity index (χ4v) is 4.72. The highest BCUT2D eigenvalue weighted by Crippen LogP contribution is 2.24. The van der Waals surface area contributed by atoms with Gasteiger partial charge in [-0.1, -0.05) is 42.1 Å². The van der Waals surface area contributed by atoms with Crippen molar-refractivity contribution >= 4 is 51.9 Å². The van der Waals surface area contributed by atoms with Gasteiger partial charge in [-0.25, -0.2) is 0 Å². The van der Waals surface area contributed by atoms with Gasteiger partial charge >= 0.3 is 0 Å². The molecule has 31 heavy (non-hydrogen) atoms. The van der Waals surface area contributed by atoms with Gasteiger partial charge in [-0.3, -0.25) is 9.59 Å². The number of amides is 2. The third-order valence-corrected chi connectivity index (χ3v) is 6.31. The number of hydrogen-bond acceptors (Lipinski definition) is 5. The van der Waals surface area contributed by atoms with E-state index in [-0.39, 0.29) is 24.1 Å². The molecule has 1 heterocycles. The molecule has 0 spiro atoms. The maximum atomic E-state index is 12.4. The van der Waals surface area contributed by atoms with Crippen molar-refractivity contribution in [3.63, 3.8) is 0 Å². The quantitative estimate of drug-likeness (QED) is 0.331. The number of aromatic nitrogens is 3. The molecule has 3 rings (SSSR count). The summed E-state index contributed by atoms with van der Waals surface area (Å²) < 4.78 is 2.93. The molecule has 3 aromatic rings. The first-order chi connectivity index (χ1) is 14.8.